The van der Waals surface area contributed by atoms with Gasteiger partial charge < -0.3 is 10.1 Å². The van der Waals surface area contributed by atoms with Crippen molar-refractivity contribution in [3.05, 3.63) is 64.7 Å². The summed E-state index contributed by atoms with van der Waals surface area (Å²) in [4.78, 5) is 29.6. The third kappa shape index (κ3) is 4.81. The van der Waals surface area contributed by atoms with E-state index in [0.717, 1.165) is 11.2 Å². The van der Waals surface area contributed by atoms with E-state index in [1.54, 1.807) is 16.8 Å². The first-order chi connectivity index (χ1) is 15.7. The number of aryl methyl sites for hydroxylation is 1. The fourth-order valence-electron chi connectivity index (χ4n) is 3.37. The van der Waals surface area contributed by atoms with E-state index in [1.807, 2.05) is 47.7 Å². The van der Waals surface area contributed by atoms with Crippen LogP contribution in [0.1, 0.15) is 19.0 Å². The molecule has 1 N–H and O–H groups in total. The smallest absolute Gasteiger partial charge is 0.262 e. The summed E-state index contributed by atoms with van der Waals surface area (Å²) < 4.78 is 8.87. The molecule has 1 aromatic carbocycles. The number of rotatable bonds is 10. The molecular formula is C22H24N6O3S. The zero-order chi connectivity index (χ0) is 22.3. The first kappa shape index (κ1) is 22.0. The van der Waals surface area contributed by atoms with Crippen molar-refractivity contribution in [3.63, 3.8) is 0 Å². The number of thioether (sulfide) groups is 1. The molecule has 0 spiro atoms. The number of aromatic nitrogens is 5. The molecule has 0 aliphatic carbocycles. The van der Waals surface area contributed by atoms with Crippen LogP contribution >= 0.6 is 11.8 Å². The molecule has 0 saturated carbocycles. The van der Waals surface area contributed by atoms with E-state index in [9.17, 15) is 9.59 Å². The second kappa shape index (κ2) is 10.4. The van der Waals surface area contributed by atoms with Gasteiger partial charge in [0.1, 0.15) is 0 Å². The molecule has 0 unspecified atom stereocenters. The highest BCUT2D eigenvalue weighted by Gasteiger charge is 2.17. The first-order valence-electron chi connectivity index (χ1n) is 10.4. The van der Waals surface area contributed by atoms with Gasteiger partial charge in [0.15, 0.2) is 5.16 Å². The van der Waals surface area contributed by atoms with Crippen LogP contribution in [0.5, 0.6) is 0 Å². The number of hydrogen-bond acceptors (Lipinski definition) is 7. The molecule has 3 heterocycles. The second-order valence-corrected chi connectivity index (χ2v) is 7.97. The lowest BCUT2D eigenvalue weighted by Crippen LogP contribution is -2.25. The van der Waals surface area contributed by atoms with E-state index in [4.69, 9.17) is 4.74 Å². The molecule has 0 atom stereocenters. The van der Waals surface area contributed by atoms with E-state index < -0.39 is 0 Å². The lowest BCUT2D eigenvalue weighted by Gasteiger charge is -2.11. The molecule has 0 fully saturated rings. The van der Waals surface area contributed by atoms with Crippen LogP contribution < -0.4 is 10.9 Å². The van der Waals surface area contributed by atoms with Gasteiger partial charge in [0, 0.05) is 26.0 Å². The number of amides is 1. The Morgan fingerprint density at radius 2 is 2.00 bits per heavy atom. The molecule has 9 nitrogen and oxygen atoms in total. The van der Waals surface area contributed by atoms with Gasteiger partial charge in [-0.2, -0.15) is 0 Å². The molecule has 0 aliphatic heterocycles. The zero-order valence-corrected chi connectivity index (χ0v) is 18.5. The molecule has 0 saturated heterocycles. The van der Waals surface area contributed by atoms with E-state index in [-0.39, 0.29) is 17.2 Å². The van der Waals surface area contributed by atoms with Crippen LogP contribution in [-0.4, -0.2) is 49.0 Å². The average Bonchev–Trinajstić information content (AvgIpc) is 3.25. The van der Waals surface area contributed by atoms with E-state index in [2.05, 4.69) is 20.5 Å². The molecule has 32 heavy (non-hydrogen) atoms. The fraction of sp³-hybridized carbons (Fsp3) is 0.318. The Morgan fingerprint density at radius 1 is 1.16 bits per heavy atom. The molecule has 1 amide bonds. The van der Waals surface area contributed by atoms with Crippen molar-refractivity contribution in [2.75, 3.05) is 19.0 Å². The molecule has 10 heteroatoms. The van der Waals surface area contributed by atoms with E-state index in [1.165, 1.54) is 11.8 Å². The normalized spacial score (nSPS) is 11.3. The van der Waals surface area contributed by atoms with Gasteiger partial charge in [-0.3, -0.25) is 23.5 Å². The van der Waals surface area contributed by atoms with E-state index in [0.29, 0.717) is 49.0 Å². The van der Waals surface area contributed by atoms with Crippen molar-refractivity contribution >= 4 is 34.3 Å². The Kier molecular flexibility index (Phi) is 7.13. The Hall–Kier alpha value is -3.24. The van der Waals surface area contributed by atoms with Crippen LogP contribution in [0, 0.1) is 0 Å². The van der Waals surface area contributed by atoms with Gasteiger partial charge >= 0.3 is 0 Å². The van der Waals surface area contributed by atoms with Crippen LogP contribution in [-0.2, 0) is 22.6 Å². The van der Waals surface area contributed by atoms with Gasteiger partial charge in [-0.25, -0.2) is 0 Å². The quantitative estimate of drug-likeness (QED) is 0.291. The molecule has 0 radical (unpaired) electrons. The second-order valence-electron chi connectivity index (χ2n) is 7.03. The SMILES string of the molecule is CCOCCCn1c(=O)c2ccccc2n2c(SCC(=O)NCc3ccccn3)nnc12. The van der Waals surface area contributed by atoms with E-state index >= 15 is 0 Å². The Balaban J connectivity index is 1.56. The molecule has 4 aromatic rings. The van der Waals surface area contributed by atoms with Gasteiger partial charge in [-0.15, -0.1) is 10.2 Å². The third-order valence-electron chi connectivity index (χ3n) is 4.88. The van der Waals surface area contributed by atoms with Crippen LogP contribution in [0.25, 0.3) is 16.7 Å². The van der Waals surface area contributed by atoms with Crippen molar-refractivity contribution in [1.29, 1.82) is 0 Å². The zero-order valence-electron chi connectivity index (χ0n) is 17.7. The number of fused-ring (bicyclic) bond motifs is 3. The minimum Gasteiger partial charge on any atom is -0.382 e. The lowest BCUT2D eigenvalue weighted by molar-refractivity contribution is -0.118. The highest BCUT2D eigenvalue weighted by molar-refractivity contribution is 7.99. The van der Waals surface area contributed by atoms with Crippen molar-refractivity contribution < 1.29 is 9.53 Å². The highest BCUT2D eigenvalue weighted by atomic mass is 32.2. The van der Waals surface area contributed by atoms with Crippen LogP contribution in [0.4, 0.5) is 0 Å². The average molecular weight is 453 g/mol. The fourth-order valence-corrected chi connectivity index (χ4v) is 4.14. The van der Waals surface area contributed by atoms with Gasteiger partial charge in [-0.1, -0.05) is 30.0 Å². The number of carbonyl (C=O) groups is 1. The van der Waals surface area contributed by atoms with Crippen molar-refractivity contribution in [3.8, 4) is 0 Å². The molecular weight excluding hydrogens is 428 g/mol. The summed E-state index contributed by atoms with van der Waals surface area (Å²) in [6, 6.07) is 12.9. The summed E-state index contributed by atoms with van der Waals surface area (Å²) >= 11 is 1.28. The number of nitrogens with zero attached hydrogens (tertiary/aromatic N) is 5. The Morgan fingerprint density at radius 3 is 2.81 bits per heavy atom. The minimum atomic E-state index is -0.133. The van der Waals surface area contributed by atoms with Gasteiger partial charge in [0.25, 0.3) is 5.56 Å². The predicted molar refractivity (Wildman–Crippen MR) is 123 cm³/mol. The molecule has 0 aliphatic rings. The third-order valence-corrected chi connectivity index (χ3v) is 5.81. The number of nitrogens with one attached hydrogen (secondary N) is 1. The number of ether oxygens (including phenoxy) is 1. The van der Waals surface area contributed by atoms with Crippen molar-refractivity contribution in [2.45, 2.75) is 31.6 Å². The van der Waals surface area contributed by atoms with Crippen LogP contribution in [0.2, 0.25) is 0 Å². The summed E-state index contributed by atoms with van der Waals surface area (Å²) in [5, 5.41) is 12.5. The summed E-state index contributed by atoms with van der Waals surface area (Å²) in [6.07, 6.45) is 2.38. The summed E-state index contributed by atoms with van der Waals surface area (Å²) in [5.41, 5.74) is 1.40. The summed E-state index contributed by atoms with van der Waals surface area (Å²) in [7, 11) is 0. The Bertz CT molecular complexity index is 1270. The minimum absolute atomic E-state index is 0.110. The maximum Gasteiger partial charge on any atom is 0.262 e. The molecule has 4 rings (SSSR count). The standard InChI is InChI=1S/C22H24N6O3S/c1-2-31-13-7-12-27-20(30)17-9-3-4-10-18(17)28-21(27)25-26-22(28)32-15-19(29)24-14-16-8-5-6-11-23-16/h3-6,8-11H,2,7,12-15H2,1H3,(H,24,29). The van der Waals surface area contributed by atoms with Crippen LogP contribution in [0.15, 0.2) is 58.6 Å². The predicted octanol–water partition coefficient (Wildman–Crippen LogP) is 2.27. The van der Waals surface area contributed by atoms with Crippen LogP contribution in [0.3, 0.4) is 0 Å². The molecule has 3 aromatic heterocycles. The topological polar surface area (TPSA) is 103 Å². The largest absolute Gasteiger partial charge is 0.382 e. The molecule has 166 valence electrons. The number of para-hydroxylation sites is 1. The van der Waals surface area contributed by atoms with Gasteiger partial charge in [-0.05, 0) is 37.6 Å². The lowest BCUT2D eigenvalue weighted by atomic mass is 10.2. The Labute approximate surface area is 188 Å². The van der Waals surface area contributed by atoms with Gasteiger partial charge in [0.05, 0.1) is 28.9 Å². The van der Waals surface area contributed by atoms with Crippen molar-refractivity contribution in [2.24, 2.45) is 0 Å². The summed E-state index contributed by atoms with van der Waals surface area (Å²) in [5.74, 6) is 0.499. The number of hydrogen-bond donors (Lipinski definition) is 1. The maximum atomic E-state index is 13.1. The number of carbonyl (C=O) groups excluding carboxylic acids is 1. The van der Waals surface area contributed by atoms with Gasteiger partial charge in [0.2, 0.25) is 11.7 Å². The number of pyridine rings is 1. The summed E-state index contributed by atoms with van der Waals surface area (Å²) in [6.45, 7) is 3.98. The monoisotopic (exact) mass is 452 g/mol. The first-order valence-corrected chi connectivity index (χ1v) is 11.4. The number of benzene rings is 1. The maximum absolute atomic E-state index is 13.1. The molecule has 0 bridgehead atoms. The van der Waals surface area contributed by atoms with Crippen molar-refractivity contribution in [1.82, 2.24) is 29.5 Å². The highest BCUT2D eigenvalue weighted by Crippen LogP contribution is 2.21.